The Kier molecular flexibility index (Phi) is 6.02. The fraction of sp³-hybridized carbons (Fsp3) is 0.143. The maximum atomic E-state index is 12.3. The van der Waals surface area contributed by atoms with Crippen molar-refractivity contribution in [3.8, 4) is 5.75 Å². The molecule has 1 amide bonds. The molecule has 132 valence electrons. The minimum Gasteiger partial charge on any atom is -0.489 e. The van der Waals surface area contributed by atoms with Crippen LogP contribution >= 0.6 is 15.9 Å². The van der Waals surface area contributed by atoms with E-state index in [1.54, 1.807) is 24.5 Å². The summed E-state index contributed by atoms with van der Waals surface area (Å²) in [5, 5.41) is 3.01. The van der Waals surface area contributed by atoms with E-state index in [-0.39, 0.29) is 11.9 Å². The number of nitrogens with zero attached hydrogens (tertiary/aromatic N) is 1. The highest BCUT2D eigenvalue weighted by Crippen LogP contribution is 2.19. The van der Waals surface area contributed by atoms with Crippen molar-refractivity contribution in [3.63, 3.8) is 0 Å². The molecule has 0 bridgehead atoms. The van der Waals surface area contributed by atoms with E-state index in [0.717, 1.165) is 21.3 Å². The highest BCUT2D eigenvalue weighted by atomic mass is 79.9. The van der Waals surface area contributed by atoms with Crippen molar-refractivity contribution in [1.82, 2.24) is 10.3 Å². The molecule has 3 rings (SSSR count). The van der Waals surface area contributed by atoms with Gasteiger partial charge in [0.25, 0.3) is 5.91 Å². The molecule has 0 aliphatic carbocycles. The van der Waals surface area contributed by atoms with Crippen LogP contribution in [0.15, 0.2) is 77.5 Å². The molecule has 1 heterocycles. The molecule has 0 saturated heterocycles. The summed E-state index contributed by atoms with van der Waals surface area (Å²) in [5.41, 5.74) is 2.67. The van der Waals surface area contributed by atoms with Gasteiger partial charge in [0.2, 0.25) is 0 Å². The van der Waals surface area contributed by atoms with Gasteiger partial charge in [-0.25, -0.2) is 0 Å². The number of hydrogen-bond acceptors (Lipinski definition) is 3. The number of benzene rings is 2. The number of ether oxygens (including phenoxy) is 1. The largest absolute Gasteiger partial charge is 0.489 e. The number of carbonyl (C=O) groups is 1. The van der Waals surface area contributed by atoms with Gasteiger partial charge in [0, 0.05) is 28.0 Å². The third-order valence-electron chi connectivity index (χ3n) is 3.96. The zero-order valence-corrected chi connectivity index (χ0v) is 15.9. The molecule has 0 saturated carbocycles. The van der Waals surface area contributed by atoms with Gasteiger partial charge in [0.1, 0.15) is 12.4 Å². The Bertz CT molecular complexity index is 849. The number of hydrogen-bond donors (Lipinski definition) is 1. The summed E-state index contributed by atoms with van der Waals surface area (Å²) in [4.78, 5) is 16.4. The molecule has 0 fully saturated rings. The normalized spacial score (nSPS) is 11.6. The van der Waals surface area contributed by atoms with Crippen LogP contribution in [0.25, 0.3) is 0 Å². The Labute approximate surface area is 161 Å². The summed E-state index contributed by atoms with van der Waals surface area (Å²) in [6, 6.07) is 18.8. The van der Waals surface area contributed by atoms with Crippen molar-refractivity contribution < 1.29 is 9.53 Å². The molecule has 4 nitrogen and oxygen atoms in total. The van der Waals surface area contributed by atoms with Gasteiger partial charge in [-0.1, -0.05) is 34.1 Å². The lowest BCUT2D eigenvalue weighted by Gasteiger charge is -2.15. The first-order valence-corrected chi connectivity index (χ1v) is 9.09. The molecule has 26 heavy (non-hydrogen) atoms. The summed E-state index contributed by atoms with van der Waals surface area (Å²) in [5.74, 6) is 0.686. The molecular weight excluding hydrogens is 392 g/mol. The molecule has 1 unspecified atom stereocenters. The Morgan fingerprint density at radius 3 is 2.50 bits per heavy atom. The Hall–Kier alpha value is -2.66. The molecule has 1 atom stereocenters. The molecule has 5 heteroatoms. The van der Waals surface area contributed by atoms with E-state index in [1.807, 2.05) is 55.5 Å². The topological polar surface area (TPSA) is 51.2 Å². The lowest BCUT2D eigenvalue weighted by Crippen LogP contribution is -2.26. The predicted molar refractivity (Wildman–Crippen MR) is 105 cm³/mol. The Morgan fingerprint density at radius 1 is 1.12 bits per heavy atom. The third-order valence-corrected chi connectivity index (χ3v) is 4.49. The average molecular weight is 411 g/mol. The van der Waals surface area contributed by atoms with E-state index in [0.29, 0.717) is 12.2 Å². The van der Waals surface area contributed by atoms with Gasteiger partial charge in [0.15, 0.2) is 0 Å². The fourth-order valence-electron chi connectivity index (χ4n) is 2.47. The predicted octanol–water partition coefficient (Wildman–Crippen LogP) is 4.91. The second kappa shape index (κ2) is 8.63. The number of halogens is 1. The van der Waals surface area contributed by atoms with E-state index in [1.165, 1.54) is 0 Å². The van der Waals surface area contributed by atoms with Crippen LogP contribution in [0.3, 0.4) is 0 Å². The molecule has 2 aromatic carbocycles. The molecule has 1 N–H and O–H groups in total. The minimum absolute atomic E-state index is 0.0955. The smallest absolute Gasteiger partial charge is 0.251 e. The summed E-state index contributed by atoms with van der Waals surface area (Å²) in [7, 11) is 0. The van der Waals surface area contributed by atoms with Crippen LogP contribution < -0.4 is 10.1 Å². The third kappa shape index (κ3) is 4.92. The maximum Gasteiger partial charge on any atom is 0.251 e. The average Bonchev–Trinajstić information content (AvgIpc) is 2.68. The molecule has 1 aromatic heterocycles. The van der Waals surface area contributed by atoms with Crippen molar-refractivity contribution in [2.75, 3.05) is 0 Å². The SMILES string of the molecule is CC(NC(=O)c1ccc(Br)cc1)c1ccc(OCc2cccnc2)cc1. The van der Waals surface area contributed by atoms with Crippen LogP contribution in [-0.4, -0.2) is 10.9 Å². The first-order valence-electron chi connectivity index (χ1n) is 8.30. The van der Waals surface area contributed by atoms with Crippen LogP contribution in [0.5, 0.6) is 5.75 Å². The number of nitrogens with one attached hydrogen (secondary N) is 1. The van der Waals surface area contributed by atoms with E-state index in [2.05, 4.69) is 26.2 Å². The van der Waals surface area contributed by atoms with E-state index >= 15 is 0 Å². The second-order valence-electron chi connectivity index (χ2n) is 5.92. The van der Waals surface area contributed by atoms with Crippen LogP contribution in [0.2, 0.25) is 0 Å². The zero-order chi connectivity index (χ0) is 18.4. The van der Waals surface area contributed by atoms with E-state index in [4.69, 9.17) is 4.74 Å². The Morgan fingerprint density at radius 2 is 1.85 bits per heavy atom. The van der Waals surface area contributed by atoms with Crippen LogP contribution in [0.1, 0.15) is 34.5 Å². The van der Waals surface area contributed by atoms with Crippen LogP contribution in [0.4, 0.5) is 0 Å². The number of pyridine rings is 1. The van der Waals surface area contributed by atoms with Crippen molar-refractivity contribution in [2.24, 2.45) is 0 Å². The van der Waals surface area contributed by atoms with Crippen LogP contribution in [0, 0.1) is 0 Å². The molecular formula is C21H19BrN2O2. The van der Waals surface area contributed by atoms with Crippen molar-refractivity contribution in [2.45, 2.75) is 19.6 Å². The van der Waals surface area contributed by atoms with Crippen LogP contribution in [-0.2, 0) is 6.61 Å². The molecule has 0 spiro atoms. The van der Waals surface area contributed by atoms with E-state index < -0.39 is 0 Å². The second-order valence-corrected chi connectivity index (χ2v) is 6.84. The first-order chi connectivity index (χ1) is 12.6. The van der Waals surface area contributed by atoms with E-state index in [9.17, 15) is 4.79 Å². The lowest BCUT2D eigenvalue weighted by atomic mass is 10.1. The highest BCUT2D eigenvalue weighted by molar-refractivity contribution is 9.10. The van der Waals surface area contributed by atoms with Gasteiger partial charge in [-0.2, -0.15) is 0 Å². The standard InChI is InChI=1S/C21H19BrN2O2/c1-15(24-21(25)18-4-8-19(22)9-5-18)17-6-10-20(11-7-17)26-14-16-3-2-12-23-13-16/h2-13,15H,14H2,1H3,(H,24,25). The summed E-state index contributed by atoms with van der Waals surface area (Å²) in [6.45, 7) is 2.44. The molecule has 0 radical (unpaired) electrons. The molecule has 0 aliphatic rings. The van der Waals surface area contributed by atoms with Gasteiger partial charge in [-0.05, 0) is 55.0 Å². The van der Waals surface area contributed by atoms with Crippen molar-refractivity contribution in [3.05, 3.63) is 94.2 Å². The highest BCUT2D eigenvalue weighted by Gasteiger charge is 2.11. The Balaban J connectivity index is 1.57. The van der Waals surface area contributed by atoms with Gasteiger partial charge in [-0.3, -0.25) is 9.78 Å². The summed E-state index contributed by atoms with van der Waals surface area (Å²) in [6.07, 6.45) is 3.52. The zero-order valence-electron chi connectivity index (χ0n) is 14.4. The fourth-order valence-corrected chi connectivity index (χ4v) is 2.73. The van der Waals surface area contributed by atoms with Crippen molar-refractivity contribution in [1.29, 1.82) is 0 Å². The first kappa shape index (κ1) is 18.1. The quantitative estimate of drug-likeness (QED) is 0.627. The number of carbonyl (C=O) groups excluding carboxylic acids is 1. The number of aromatic nitrogens is 1. The van der Waals surface area contributed by atoms with Gasteiger partial charge < -0.3 is 10.1 Å². The van der Waals surface area contributed by atoms with Gasteiger partial charge in [0.05, 0.1) is 6.04 Å². The monoisotopic (exact) mass is 410 g/mol. The number of amides is 1. The molecule has 0 aliphatic heterocycles. The molecule has 3 aromatic rings. The van der Waals surface area contributed by atoms with Gasteiger partial charge in [-0.15, -0.1) is 0 Å². The summed E-state index contributed by atoms with van der Waals surface area (Å²) >= 11 is 3.37. The van der Waals surface area contributed by atoms with Gasteiger partial charge >= 0.3 is 0 Å². The number of rotatable bonds is 6. The lowest BCUT2D eigenvalue weighted by molar-refractivity contribution is 0.0940. The maximum absolute atomic E-state index is 12.3. The minimum atomic E-state index is -0.0986. The van der Waals surface area contributed by atoms with Crippen molar-refractivity contribution >= 4 is 21.8 Å². The summed E-state index contributed by atoms with van der Waals surface area (Å²) < 4.78 is 6.70.